The van der Waals surface area contributed by atoms with Crippen LogP contribution in [0.1, 0.15) is 25.3 Å². The number of nitrogens with zero attached hydrogens (tertiary/aromatic N) is 3. The summed E-state index contributed by atoms with van der Waals surface area (Å²) in [4.78, 5) is 27.6. The molecule has 0 spiro atoms. The molecule has 0 bridgehead atoms. The molecule has 2 heterocycles. The Balaban J connectivity index is 2.31. The van der Waals surface area contributed by atoms with Gasteiger partial charge in [0.15, 0.2) is 0 Å². The summed E-state index contributed by atoms with van der Waals surface area (Å²) in [6, 6.07) is 4.96. The number of hydrogen-bond donors (Lipinski definition) is 2. The van der Waals surface area contributed by atoms with Crippen molar-refractivity contribution in [2.24, 2.45) is 10.9 Å². The van der Waals surface area contributed by atoms with E-state index in [9.17, 15) is 19.8 Å². The van der Waals surface area contributed by atoms with Crippen molar-refractivity contribution in [3.05, 3.63) is 35.0 Å². The molecule has 3 rings (SSSR count). The average Bonchev–Trinajstić information content (AvgIpc) is 2.93. The highest BCUT2D eigenvalue weighted by atomic mass is 16.6. The molecule has 2 unspecified atom stereocenters. The molecule has 0 saturated heterocycles. The number of aromatic nitrogens is 2. The first-order valence-electron chi connectivity index (χ1n) is 6.85. The van der Waals surface area contributed by atoms with E-state index in [0.717, 1.165) is 0 Å². The first kappa shape index (κ1) is 14.9. The van der Waals surface area contributed by atoms with Gasteiger partial charge in [0, 0.05) is 17.3 Å². The second-order valence-electron chi connectivity index (χ2n) is 5.33. The molecular weight excluding hydrogens is 302 g/mol. The van der Waals surface area contributed by atoms with Crippen LogP contribution in [-0.4, -0.2) is 38.2 Å². The van der Waals surface area contributed by atoms with E-state index < -0.39 is 23.8 Å². The van der Waals surface area contributed by atoms with Crippen LogP contribution in [0.25, 0.3) is 11.0 Å². The van der Waals surface area contributed by atoms with Crippen LogP contribution >= 0.6 is 0 Å². The average molecular weight is 315 g/mol. The molecular formula is C15H13N3O5. The van der Waals surface area contributed by atoms with Gasteiger partial charge in [-0.3, -0.25) is 9.79 Å². The van der Waals surface area contributed by atoms with Crippen LogP contribution < -0.4 is 0 Å². The summed E-state index contributed by atoms with van der Waals surface area (Å²) in [5, 5.41) is 26.7. The minimum Gasteiger partial charge on any atom is -0.481 e. The fourth-order valence-electron chi connectivity index (χ4n) is 3.05. The summed E-state index contributed by atoms with van der Waals surface area (Å²) in [5.41, 5.74) is 1.81. The lowest BCUT2D eigenvalue weighted by Crippen LogP contribution is -2.35. The van der Waals surface area contributed by atoms with Gasteiger partial charge >= 0.3 is 11.9 Å². The first-order valence-corrected chi connectivity index (χ1v) is 6.85. The maximum absolute atomic E-state index is 11.7. The highest BCUT2D eigenvalue weighted by Crippen LogP contribution is 2.41. The molecule has 0 fully saturated rings. The topological polar surface area (TPSA) is 126 Å². The second kappa shape index (κ2) is 5.31. The summed E-state index contributed by atoms with van der Waals surface area (Å²) in [5.74, 6) is -4.36. The number of aliphatic carboxylic acids is 2. The van der Waals surface area contributed by atoms with E-state index >= 15 is 0 Å². The van der Waals surface area contributed by atoms with Gasteiger partial charge in [0.2, 0.25) is 0 Å². The highest BCUT2D eigenvalue weighted by Gasteiger charge is 2.42. The fraction of sp³-hybridized carbons (Fsp3) is 0.267. The zero-order valence-electron chi connectivity index (χ0n) is 12.3. The van der Waals surface area contributed by atoms with E-state index in [2.05, 4.69) is 15.3 Å². The Hall–Kier alpha value is -3.03. The molecule has 0 aliphatic carbocycles. The van der Waals surface area contributed by atoms with Crippen LogP contribution in [0.5, 0.6) is 0 Å². The Labute approximate surface area is 130 Å². The molecule has 1 aliphatic rings. The summed E-state index contributed by atoms with van der Waals surface area (Å²) >= 11 is 0. The minimum absolute atomic E-state index is 0.0569. The predicted octanol–water partition coefficient (Wildman–Crippen LogP) is 1.84. The summed E-state index contributed by atoms with van der Waals surface area (Å²) in [6.07, 6.45) is 0. The maximum atomic E-state index is 11.7. The predicted molar refractivity (Wildman–Crippen MR) is 79.1 cm³/mol. The first-order chi connectivity index (χ1) is 10.9. The Morgan fingerprint density at radius 2 is 1.91 bits per heavy atom. The summed E-state index contributed by atoms with van der Waals surface area (Å²) in [7, 11) is 0. The number of aliphatic imine (C=N–C) groups is 1. The molecule has 0 radical (unpaired) electrons. The Bertz CT molecular complexity index is 880. The molecule has 1 aromatic heterocycles. The summed E-state index contributed by atoms with van der Waals surface area (Å²) < 4.78 is 4.70. The van der Waals surface area contributed by atoms with Crippen molar-refractivity contribution in [2.75, 3.05) is 0 Å². The largest absolute Gasteiger partial charge is 0.481 e. The molecule has 2 N–H and O–H groups in total. The lowest BCUT2D eigenvalue weighted by atomic mass is 9.75. The van der Waals surface area contributed by atoms with Gasteiger partial charge in [-0.1, -0.05) is 12.1 Å². The van der Waals surface area contributed by atoms with E-state index in [0.29, 0.717) is 22.3 Å². The third kappa shape index (κ3) is 2.28. The molecule has 0 amide bonds. The zero-order chi connectivity index (χ0) is 16.7. The number of benzene rings is 1. The number of carboxylic acids is 2. The van der Waals surface area contributed by atoms with Crippen LogP contribution in [0.3, 0.4) is 0 Å². The van der Waals surface area contributed by atoms with Gasteiger partial charge in [-0.15, -0.1) is 0 Å². The van der Waals surface area contributed by atoms with E-state index in [1.807, 2.05) is 0 Å². The molecule has 2 atom stereocenters. The van der Waals surface area contributed by atoms with Crippen molar-refractivity contribution in [3.8, 4) is 0 Å². The third-order valence-corrected chi connectivity index (χ3v) is 3.98. The lowest BCUT2D eigenvalue weighted by molar-refractivity contribution is -0.140. The molecule has 1 aromatic carbocycles. The molecule has 0 saturated carbocycles. The van der Waals surface area contributed by atoms with Crippen LogP contribution in [0, 0.1) is 5.92 Å². The van der Waals surface area contributed by atoms with Crippen LogP contribution in [0.4, 0.5) is 0 Å². The molecule has 8 heteroatoms. The lowest BCUT2D eigenvalue weighted by Gasteiger charge is -2.29. The number of carbonyl (C=O) groups is 2. The van der Waals surface area contributed by atoms with Crippen molar-refractivity contribution in [1.29, 1.82) is 0 Å². The van der Waals surface area contributed by atoms with Crippen molar-refractivity contribution in [3.63, 3.8) is 0 Å². The SMILES string of the molecule is CC1=NC(C)=C(C(=O)O)C(c2cccc3nonc23)C1C(=O)O. The van der Waals surface area contributed by atoms with Gasteiger partial charge < -0.3 is 10.2 Å². The van der Waals surface area contributed by atoms with Crippen molar-refractivity contribution in [2.45, 2.75) is 19.8 Å². The normalized spacial score (nSPS) is 21.4. The smallest absolute Gasteiger partial charge is 0.334 e. The Morgan fingerprint density at radius 1 is 1.17 bits per heavy atom. The molecule has 8 nitrogen and oxygen atoms in total. The van der Waals surface area contributed by atoms with Gasteiger partial charge in [-0.05, 0) is 35.8 Å². The zero-order valence-corrected chi connectivity index (χ0v) is 12.3. The number of allylic oxidation sites excluding steroid dienone is 1. The highest BCUT2D eigenvalue weighted by molar-refractivity contribution is 6.06. The van der Waals surface area contributed by atoms with Gasteiger partial charge in [-0.25, -0.2) is 9.42 Å². The third-order valence-electron chi connectivity index (χ3n) is 3.98. The van der Waals surface area contributed by atoms with E-state index in [-0.39, 0.29) is 11.3 Å². The van der Waals surface area contributed by atoms with Gasteiger partial charge in [0.1, 0.15) is 17.0 Å². The monoisotopic (exact) mass is 315 g/mol. The standard InChI is InChI=1S/C15H13N3O5/c1-6-10(14(19)20)12(11(15(21)22)7(2)16-6)8-4-3-5-9-13(8)18-23-17-9/h3-5,10,12H,1-2H3,(H,19,20)(H,21,22). The quantitative estimate of drug-likeness (QED) is 0.884. The fourth-order valence-corrected chi connectivity index (χ4v) is 3.05. The summed E-state index contributed by atoms with van der Waals surface area (Å²) in [6.45, 7) is 3.13. The van der Waals surface area contributed by atoms with Crippen molar-refractivity contribution < 1.29 is 24.4 Å². The molecule has 118 valence electrons. The van der Waals surface area contributed by atoms with Crippen molar-refractivity contribution >= 4 is 28.7 Å². The van der Waals surface area contributed by atoms with Gasteiger partial charge in [-0.2, -0.15) is 0 Å². The van der Waals surface area contributed by atoms with Crippen LogP contribution in [-0.2, 0) is 9.59 Å². The van der Waals surface area contributed by atoms with E-state index in [1.165, 1.54) is 0 Å². The maximum Gasteiger partial charge on any atom is 0.334 e. The van der Waals surface area contributed by atoms with Crippen molar-refractivity contribution in [1.82, 2.24) is 10.3 Å². The molecule has 2 aromatic rings. The number of carboxylic acid groups (broad SMARTS) is 2. The Kier molecular flexibility index (Phi) is 3.44. The van der Waals surface area contributed by atoms with Gasteiger partial charge in [0.25, 0.3) is 0 Å². The Morgan fingerprint density at radius 3 is 2.57 bits per heavy atom. The minimum atomic E-state index is -1.21. The number of fused-ring (bicyclic) bond motifs is 1. The second-order valence-corrected chi connectivity index (χ2v) is 5.33. The van der Waals surface area contributed by atoms with Crippen LogP contribution in [0.15, 0.2) is 39.1 Å². The van der Waals surface area contributed by atoms with E-state index in [4.69, 9.17) is 4.63 Å². The molecule has 23 heavy (non-hydrogen) atoms. The molecule has 1 aliphatic heterocycles. The van der Waals surface area contributed by atoms with Gasteiger partial charge in [0.05, 0.1) is 5.57 Å². The number of hydrogen-bond acceptors (Lipinski definition) is 6. The number of rotatable bonds is 3. The van der Waals surface area contributed by atoms with E-state index in [1.54, 1.807) is 32.0 Å². The van der Waals surface area contributed by atoms with Crippen LogP contribution in [0.2, 0.25) is 0 Å².